The van der Waals surface area contributed by atoms with Crippen LogP contribution in [0.25, 0.3) is 0 Å². The molecule has 5 nitrogen and oxygen atoms in total. The molecule has 0 amide bonds. The summed E-state index contributed by atoms with van der Waals surface area (Å²) in [7, 11) is -3.44. The maximum absolute atomic E-state index is 12.1. The molecule has 0 spiro atoms. The van der Waals surface area contributed by atoms with Crippen molar-refractivity contribution in [2.24, 2.45) is 0 Å². The number of nitrogens with zero attached hydrogens (tertiary/aromatic N) is 1. The van der Waals surface area contributed by atoms with Gasteiger partial charge in [0.05, 0.1) is 16.3 Å². The molecule has 1 aliphatic rings. The van der Waals surface area contributed by atoms with E-state index in [1.165, 1.54) is 0 Å². The van der Waals surface area contributed by atoms with Crippen LogP contribution in [-0.2, 0) is 10.0 Å². The average molecular weight is 315 g/mol. The molecule has 112 valence electrons. The van der Waals surface area contributed by atoms with Crippen LogP contribution in [0, 0.1) is 0 Å². The van der Waals surface area contributed by atoms with Crippen LogP contribution in [0.1, 0.15) is 13.8 Å². The molecule has 3 N–H and O–H groups in total. The van der Waals surface area contributed by atoms with Gasteiger partial charge in [0.1, 0.15) is 0 Å². The summed E-state index contributed by atoms with van der Waals surface area (Å²) in [5, 5.41) is 0. The van der Waals surface area contributed by atoms with Crippen molar-refractivity contribution in [1.82, 2.24) is 4.72 Å². The minimum absolute atomic E-state index is 0.272. The van der Waals surface area contributed by atoms with Gasteiger partial charge >= 0.3 is 0 Å². The standard InChI is InChI=1S/C13H21N3O2S2/c1-3-15-20(17,18)11-4-5-12(14)13(8-11)16-6-7-19-9-10(16)2/h4-5,8,10,15H,3,6-7,9,14H2,1-2H3. The summed E-state index contributed by atoms with van der Waals surface area (Å²) >= 11 is 1.91. The van der Waals surface area contributed by atoms with E-state index in [1.54, 1.807) is 25.1 Å². The number of hydrogen-bond donors (Lipinski definition) is 2. The molecular weight excluding hydrogens is 294 g/mol. The second-order valence-corrected chi connectivity index (χ2v) is 7.76. The third kappa shape index (κ3) is 3.21. The van der Waals surface area contributed by atoms with Gasteiger partial charge in [-0.2, -0.15) is 11.8 Å². The Bertz CT molecular complexity index is 575. The van der Waals surface area contributed by atoms with Crippen molar-refractivity contribution >= 4 is 33.2 Å². The smallest absolute Gasteiger partial charge is 0.240 e. The molecule has 1 unspecified atom stereocenters. The van der Waals surface area contributed by atoms with E-state index in [0.717, 1.165) is 23.7 Å². The van der Waals surface area contributed by atoms with Gasteiger partial charge in [-0.05, 0) is 25.1 Å². The summed E-state index contributed by atoms with van der Waals surface area (Å²) in [6.07, 6.45) is 0. The lowest BCUT2D eigenvalue weighted by molar-refractivity contribution is 0.584. The first kappa shape index (κ1) is 15.5. The molecule has 0 aliphatic carbocycles. The summed E-state index contributed by atoms with van der Waals surface area (Å²) in [5.74, 6) is 2.07. The van der Waals surface area contributed by atoms with Gasteiger partial charge in [0.2, 0.25) is 10.0 Å². The molecule has 7 heteroatoms. The van der Waals surface area contributed by atoms with Gasteiger partial charge in [-0.1, -0.05) is 6.92 Å². The molecular formula is C13H21N3O2S2. The zero-order chi connectivity index (χ0) is 14.8. The third-order valence-corrected chi connectivity index (χ3v) is 6.06. The normalized spacial score (nSPS) is 20.1. The maximum Gasteiger partial charge on any atom is 0.240 e. The molecule has 2 rings (SSSR count). The SMILES string of the molecule is CCNS(=O)(=O)c1ccc(N)c(N2CCSCC2C)c1. The van der Waals surface area contributed by atoms with Gasteiger partial charge in [0.25, 0.3) is 0 Å². The molecule has 1 aromatic rings. The lowest BCUT2D eigenvalue weighted by Crippen LogP contribution is -2.40. The van der Waals surface area contributed by atoms with E-state index in [4.69, 9.17) is 5.73 Å². The van der Waals surface area contributed by atoms with Crippen LogP contribution in [0.2, 0.25) is 0 Å². The summed E-state index contributed by atoms with van der Waals surface area (Å²) in [6, 6.07) is 5.27. The first-order chi connectivity index (χ1) is 9.45. The number of benzene rings is 1. The second kappa shape index (κ2) is 6.24. The van der Waals surface area contributed by atoms with Crippen molar-refractivity contribution in [2.45, 2.75) is 24.8 Å². The van der Waals surface area contributed by atoms with Crippen molar-refractivity contribution < 1.29 is 8.42 Å². The lowest BCUT2D eigenvalue weighted by atomic mass is 10.2. The lowest BCUT2D eigenvalue weighted by Gasteiger charge is -2.36. The number of anilines is 2. The molecule has 0 aromatic heterocycles. The number of hydrogen-bond acceptors (Lipinski definition) is 5. The maximum atomic E-state index is 12.1. The summed E-state index contributed by atoms with van der Waals surface area (Å²) in [6.45, 7) is 5.16. The Kier molecular flexibility index (Phi) is 4.82. The Balaban J connectivity index is 2.38. The fraction of sp³-hybridized carbons (Fsp3) is 0.538. The summed E-state index contributed by atoms with van der Waals surface area (Å²) in [5.41, 5.74) is 7.48. The Morgan fingerprint density at radius 1 is 1.50 bits per heavy atom. The number of rotatable bonds is 4. The molecule has 1 saturated heterocycles. The van der Waals surface area contributed by atoms with Crippen LogP contribution >= 0.6 is 11.8 Å². The Labute approximate surface area is 125 Å². The Morgan fingerprint density at radius 3 is 2.90 bits per heavy atom. The first-order valence-corrected chi connectivity index (χ1v) is 9.33. The topological polar surface area (TPSA) is 75.4 Å². The molecule has 1 fully saturated rings. The van der Waals surface area contributed by atoms with Crippen molar-refractivity contribution in [3.63, 3.8) is 0 Å². The monoisotopic (exact) mass is 315 g/mol. The number of thioether (sulfide) groups is 1. The van der Waals surface area contributed by atoms with Gasteiger partial charge < -0.3 is 10.6 Å². The van der Waals surface area contributed by atoms with Crippen molar-refractivity contribution in [3.8, 4) is 0 Å². The molecule has 20 heavy (non-hydrogen) atoms. The highest BCUT2D eigenvalue weighted by atomic mass is 32.2. The average Bonchev–Trinajstić information content (AvgIpc) is 2.40. The number of nitrogens with one attached hydrogen (secondary N) is 1. The summed E-state index contributed by atoms with van der Waals surface area (Å²) in [4.78, 5) is 2.46. The van der Waals surface area contributed by atoms with Gasteiger partial charge in [0, 0.05) is 30.6 Å². The van der Waals surface area contributed by atoms with Crippen molar-refractivity contribution in [2.75, 3.05) is 35.2 Å². The molecule has 1 atom stereocenters. The minimum Gasteiger partial charge on any atom is -0.397 e. The van der Waals surface area contributed by atoms with Crippen molar-refractivity contribution in [3.05, 3.63) is 18.2 Å². The van der Waals surface area contributed by atoms with E-state index in [-0.39, 0.29) is 4.90 Å². The molecule has 1 heterocycles. The van der Waals surface area contributed by atoms with Crippen LogP contribution in [-0.4, -0.2) is 39.1 Å². The van der Waals surface area contributed by atoms with E-state index in [9.17, 15) is 8.42 Å². The van der Waals surface area contributed by atoms with Gasteiger partial charge in [-0.15, -0.1) is 0 Å². The van der Waals surface area contributed by atoms with E-state index in [1.807, 2.05) is 11.8 Å². The predicted octanol–water partition coefficient (Wildman–Crippen LogP) is 1.51. The minimum atomic E-state index is -3.44. The van der Waals surface area contributed by atoms with Crippen LogP contribution in [0.15, 0.2) is 23.1 Å². The van der Waals surface area contributed by atoms with E-state index in [0.29, 0.717) is 18.3 Å². The predicted molar refractivity (Wildman–Crippen MR) is 85.8 cm³/mol. The second-order valence-electron chi connectivity index (χ2n) is 4.84. The van der Waals surface area contributed by atoms with Crippen LogP contribution in [0.4, 0.5) is 11.4 Å². The number of sulfonamides is 1. The van der Waals surface area contributed by atoms with Gasteiger partial charge in [-0.3, -0.25) is 0 Å². The van der Waals surface area contributed by atoms with Crippen LogP contribution < -0.4 is 15.4 Å². The van der Waals surface area contributed by atoms with Crippen molar-refractivity contribution in [1.29, 1.82) is 0 Å². The molecule has 0 bridgehead atoms. The zero-order valence-electron chi connectivity index (χ0n) is 11.8. The quantitative estimate of drug-likeness (QED) is 0.824. The van der Waals surface area contributed by atoms with E-state index >= 15 is 0 Å². The van der Waals surface area contributed by atoms with Gasteiger partial charge in [-0.25, -0.2) is 13.1 Å². The van der Waals surface area contributed by atoms with Crippen LogP contribution in [0.3, 0.4) is 0 Å². The molecule has 0 saturated carbocycles. The number of nitrogens with two attached hydrogens (primary N) is 1. The van der Waals surface area contributed by atoms with Crippen LogP contribution in [0.5, 0.6) is 0 Å². The largest absolute Gasteiger partial charge is 0.397 e. The molecule has 1 aliphatic heterocycles. The summed E-state index contributed by atoms with van der Waals surface area (Å²) < 4.78 is 26.7. The van der Waals surface area contributed by atoms with E-state index in [2.05, 4.69) is 16.5 Å². The highest BCUT2D eigenvalue weighted by Crippen LogP contribution is 2.31. The molecule has 1 aromatic carbocycles. The Morgan fingerprint density at radius 2 is 2.25 bits per heavy atom. The fourth-order valence-corrected chi connectivity index (χ4v) is 4.37. The highest BCUT2D eigenvalue weighted by molar-refractivity contribution is 7.99. The first-order valence-electron chi connectivity index (χ1n) is 6.69. The third-order valence-electron chi connectivity index (χ3n) is 3.32. The Hall–Kier alpha value is -0.920. The number of nitrogen functional groups attached to an aromatic ring is 1. The fourth-order valence-electron chi connectivity index (χ4n) is 2.30. The van der Waals surface area contributed by atoms with Gasteiger partial charge in [0.15, 0.2) is 0 Å². The van der Waals surface area contributed by atoms with E-state index < -0.39 is 10.0 Å². The highest BCUT2D eigenvalue weighted by Gasteiger charge is 2.23. The zero-order valence-corrected chi connectivity index (χ0v) is 13.4. The molecule has 0 radical (unpaired) electrons.